The Balaban J connectivity index is 2.12. The molecule has 0 aliphatic heterocycles. The van der Waals surface area contributed by atoms with Gasteiger partial charge in [0.1, 0.15) is 5.82 Å². The zero-order valence-electron chi connectivity index (χ0n) is 12.4. The van der Waals surface area contributed by atoms with Crippen LogP contribution in [-0.4, -0.2) is 23.0 Å². The average Bonchev–Trinajstić information content (AvgIpc) is 3.00. The molecule has 3 rings (SSSR count). The van der Waals surface area contributed by atoms with Crippen molar-refractivity contribution in [1.29, 1.82) is 0 Å². The highest BCUT2D eigenvalue weighted by molar-refractivity contribution is 5.80. The van der Waals surface area contributed by atoms with Crippen molar-refractivity contribution in [2.24, 2.45) is 0 Å². The highest BCUT2D eigenvalue weighted by atomic mass is 19.1. The summed E-state index contributed by atoms with van der Waals surface area (Å²) in [6.07, 6.45) is -0.606. The molecule has 0 radical (unpaired) electrons. The van der Waals surface area contributed by atoms with E-state index >= 15 is 0 Å². The first kappa shape index (κ1) is 14.8. The number of methoxy groups -OCH3 is 1. The third kappa shape index (κ3) is 2.91. The summed E-state index contributed by atoms with van der Waals surface area (Å²) in [5.41, 5.74) is 8.89. The fourth-order valence-corrected chi connectivity index (χ4v) is 2.23. The van der Waals surface area contributed by atoms with E-state index in [1.165, 1.54) is 23.9 Å². The lowest BCUT2D eigenvalue weighted by atomic mass is 10.1. The first-order valence-corrected chi connectivity index (χ1v) is 6.89. The molecule has 1 heterocycles. The molecule has 0 saturated heterocycles. The molecule has 0 saturated carbocycles. The monoisotopic (exact) mass is 311 g/mol. The summed E-state index contributed by atoms with van der Waals surface area (Å²) in [6.45, 7) is 0. The predicted molar refractivity (Wildman–Crippen MR) is 85.3 cm³/mol. The number of carbonyl (C=O) groups excluding carboxylic acids is 1. The lowest BCUT2D eigenvalue weighted by molar-refractivity contribution is 0.170. The average molecular weight is 311 g/mol. The van der Waals surface area contributed by atoms with Crippen LogP contribution in [0.3, 0.4) is 0 Å². The lowest BCUT2D eigenvalue weighted by Crippen LogP contribution is -2.14. The van der Waals surface area contributed by atoms with E-state index in [9.17, 15) is 9.18 Å². The molecule has 3 aromatic rings. The van der Waals surface area contributed by atoms with Gasteiger partial charge in [-0.3, -0.25) is 0 Å². The van der Waals surface area contributed by atoms with Crippen LogP contribution in [0.15, 0.2) is 54.6 Å². The number of halogens is 1. The topological polar surface area (TPSA) is 70.1 Å². The third-order valence-corrected chi connectivity index (χ3v) is 3.40. The zero-order valence-corrected chi connectivity index (χ0v) is 12.4. The van der Waals surface area contributed by atoms with Crippen molar-refractivity contribution in [3.8, 4) is 22.5 Å². The highest BCUT2D eigenvalue weighted by Gasteiger charge is 2.17. The van der Waals surface area contributed by atoms with Crippen molar-refractivity contribution in [3.63, 3.8) is 0 Å². The normalized spacial score (nSPS) is 10.5. The van der Waals surface area contributed by atoms with E-state index in [0.717, 1.165) is 5.56 Å². The molecule has 0 bridgehead atoms. The van der Waals surface area contributed by atoms with Crippen molar-refractivity contribution < 1.29 is 13.9 Å². The van der Waals surface area contributed by atoms with Crippen LogP contribution >= 0.6 is 0 Å². The van der Waals surface area contributed by atoms with Crippen LogP contribution in [0.2, 0.25) is 0 Å². The zero-order chi connectivity index (χ0) is 16.4. The predicted octanol–water partition coefficient (Wildman–Crippen LogP) is 3.55. The number of aromatic nitrogens is 2. The molecule has 0 amide bonds. The maximum atomic E-state index is 13.1. The molecule has 2 aromatic carbocycles. The first-order valence-electron chi connectivity index (χ1n) is 6.89. The van der Waals surface area contributed by atoms with E-state index in [4.69, 9.17) is 10.5 Å². The number of rotatable bonds is 2. The van der Waals surface area contributed by atoms with Crippen LogP contribution in [0.5, 0.6) is 0 Å². The second-order valence-corrected chi connectivity index (χ2v) is 4.93. The molecular formula is C17H14FN3O2. The minimum Gasteiger partial charge on any atom is -0.451 e. The lowest BCUT2D eigenvalue weighted by Gasteiger charge is -2.04. The van der Waals surface area contributed by atoms with E-state index in [-0.39, 0.29) is 5.82 Å². The highest BCUT2D eigenvalue weighted by Crippen LogP contribution is 2.27. The van der Waals surface area contributed by atoms with Gasteiger partial charge in [-0.2, -0.15) is 9.78 Å². The van der Waals surface area contributed by atoms with Gasteiger partial charge in [-0.25, -0.2) is 9.18 Å². The molecule has 23 heavy (non-hydrogen) atoms. The molecule has 2 N–H and O–H groups in total. The van der Waals surface area contributed by atoms with Gasteiger partial charge >= 0.3 is 6.09 Å². The summed E-state index contributed by atoms with van der Waals surface area (Å²) in [6, 6.07) is 14.7. The standard InChI is InChI=1S/C17H14FN3O2/c1-23-17(22)21-16(12-4-8-14(19)9-5-12)10-15(20-21)11-2-6-13(18)7-3-11/h2-10H,19H2,1H3. The first-order chi connectivity index (χ1) is 11.1. The molecule has 0 atom stereocenters. The minimum atomic E-state index is -0.606. The summed E-state index contributed by atoms with van der Waals surface area (Å²) in [7, 11) is 1.29. The number of hydrogen-bond acceptors (Lipinski definition) is 4. The summed E-state index contributed by atoms with van der Waals surface area (Å²) < 4.78 is 19.0. The number of benzene rings is 2. The summed E-state index contributed by atoms with van der Waals surface area (Å²) in [4.78, 5) is 12.0. The van der Waals surface area contributed by atoms with Crippen LogP contribution in [0, 0.1) is 5.82 Å². The maximum Gasteiger partial charge on any atom is 0.434 e. The van der Waals surface area contributed by atoms with Gasteiger partial charge in [-0.1, -0.05) is 12.1 Å². The van der Waals surface area contributed by atoms with Crippen LogP contribution in [0.25, 0.3) is 22.5 Å². The van der Waals surface area contributed by atoms with E-state index in [1.54, 1.807) is 42.5 Å². The SMILES string of the molecule is COC(=O)n1nc(-c2ccc(F)cc2)cc1-c1ccc(N)cc1. The van der Waals surface area contributed by atoms with Crippen molar-refractivity contribution in [2.45, 2.75) is 0 Å². The fourth-order valence-electron chi connectivity index (χ4n) is 2.23. The quantitative estimate of drug-likeness (QED) is 0.735. The molecule has 0 fully saturated rings. The maximum absolute atomic E-state index is 13.1. The van der Waals surface area contributed by atoms with Crippen LogP contribution < -0.4 is 5.73 Å². The van der Waals surface area contributed by atoms with Gasteiger partial charge in [0.05, 0.1) is 18.5 Å². The fraction of sp³-hybridized carbons (Fsp3) is 0.0588. The minimum absolute atomic E-state index is 0.333. The smallest absolute Gasteiger partial charge is 0.434 e. The summed E-state index contributed by atoms with van der Waals surface area (Å²) in [5.74, 6) is -0.333. The number of nitrogens with two attached hydrogens (primary N) is 1. The molecule has 116 valence electrons. The van der Waals surface area contributed by atoms with Crippen LogP contribution in [0.1, 0.15) is 0 Å². The molecule has 0 unspecified atom stereocenters. The Bertz CT molecular complexity index is 839. The molecule has 5 nitrogen and oxygen atoms in total. The largest absolute Gasteiger partial charge is 0.451 e. The van der Waals surface area contributed by atoms with Crippen LogP contribution in [0.4, 0.5) is 14.9 Å². The Hall–Kier alpha value is -3.15. The number of nitrogen functional groups attached to an aromatic ring is 1. The van der Waals surface area contributed by atoms with Crippen molar-refractivity contribution in [3.05, 3.63) is 60.4 Å². The second kappa shape index (κ2) is 5.92. The van der Waals surface area contributed by atoms with Gasteiger partial charge in [-0.05, 0) is 42.5 Å². The molecule has 1 aromatic heterocycles. The Labute approximate surface area is 132 Å². The van der Waals surface area contributed by atoms with E-state index in [2.05, 4.69) is 5.10 Å². The van der Waals surface area contributed by atoms with Crippen molar-refractivity contribution >= 4 is 11.8 Å². The Morgan fingerprint density at radius 2 is 1.70 bits per heavy atom. The molecule has 6 heteroatoms. The van der Waals surface area contributed by atoms with E-state index in [0.29, 0.717) is 22.6 Å². The number of ether oxygens (including phenoxy) is 1. The molecule has 0 spiro atoms. The molecular weight excluding hydrogens is 297 g/mol. The number of hydrogen-bond donors (Lipinski definition) is 1. The van der Waals surface area contributed by atoms with Crippen molar-refractivity contribution in [2.75, 3.05) is 12.8 Å². The van der Waals surface area contributed by atoms with Gasteiger partial charge in [0.25, 0.3) is 0 Å². The second-order valence-electron chi connectivity index (χ2n) is 4.93. The van der Waals surface area contributed by atoms with Gasteiger partial charge in [-0.15, -0.1) is 0 Å². The molecule has 0 aliphatic rings. The van der Waals surface area contributed by atoms with Gasteiger partial charge in [0.2, 0.25) is 0 Å². The Kier molecular flexibility index (Phi) is 3.80. The van der Waals surface area contributed by atoms with Gasteiger partial charge in [0, 0.05) is 16.8 Å². The number of anilines is 1. The van der Waals surface area contributed by atoms with Gasteiger partial charge in [0.15, 0.2) is 0 Å². The van der Waals surface area contributed by atoms with Crippen molar-refractivity contribution in [1.82, 2.24) is 9.78 Å². The Morgan fingerprint density at radius 3 is 2.30 bits per heavy atom. The van der Waals surface area contributed by atoms with E-state index in [1.807, 2.05) is 0 Å². The number of carbonyl (C=O) groups is 1. The third-order valence-electron chi connectivity index (χ3n) is 3.40. The Morgan fingerprint density at radius 1 is 1.09 bits per heavy atom. The molecule has 0 aliphatic carbocycles. The number of nitrogens with zero attached hydrogens (tertiary/aromatic N) is 2. The summed E-state index contributed by atoms with van der Waals surface area (Å²) >= 11 is 0. The van der Waals surface area contributed by atoms with Crippen LogP contribution in [-0.2, 0) is 4.74 Å². The van der Waals surface area contributed by atoms with E-state index < -0.39 is 6.09 Å². The van der Waals surface area contributed by atoms with Gasteiger partial charge < -0.3 is 10.5 Å². The summed E-state index contributed by atoms with van der Waals surface area (Å²) in [5, 5.41) is 4.27.